The maximum atomic E-state index is 10.6. The van der Waals surface area contributed by atoms with Crippen molar-refractivity contribution in [1.29, 1.82) is 0 Å². The third-order valence-electron chi connectivity index (χ3n) is 2.22. The average Bonchev–Trinajstić information content (AvgIpc) is 2.30. The van der Waals surface area contributed by atoms with E-state index in [1.807, 2.05) is 24.3 Å². The Morgan fingerprint density at radius 3 is 2.94 bits per heavy atom. The molecular formula is C13H10NO2. The van der Waals surface area contributed by atoms with Gasteiger partial charge in [-0.25, -0.2) is 0 Å². The monoisotopic (exact) mass is 212 g/mol. The van der Waals surface area contributed by atoms with Crippen molar-refractivity contribution in [2.75, 3.05) is 0 Å². The van der Waals surface area contributed by atoms with Gasteiger partial charge in [-0.15, -0.1) is 0 Å². The zero-order chi connectivity index (χ0) is 11.4. The van der Waals surface area contributed by atoms with E-state index in [2.05, 4.69) is 11.1 Å². The van der Waals surface area contributed by atoms with Crippen LogP contribution in [0.4, 0.5) is 0 Å². The summed E-state index contributed by atoms with van der Waals surface area (Å²) in [7, 11) is 0. The summed E-state index contributed by atoms with van der Waals surface area (Å²) in [4.78, 5) is 14.6. The summed E-state index contributed by atoms with van der Waals surface area (Å²) in [6, 6.07) is 12.2. The molecule has 79 valence electrons. The molecule has 0 saturated heterocycles. The number of pyridine rings is 1. The molecule has 1 heterocycles. The first-order valence-electron chi connectivity index (χ1n) is 4.88. The first kappa shape index (κ1) is 10.4. The third-order valence-corrected chi connectivity index (χ3v) is 2.22. The molecule has 2 rings (SSSR count). The number of aliphatic carboxylic acids is 1. The van der Waals surface area contributed by atoms with Crippen LogP contribution in [0.3, 0.4) is 0 Å². The second-order valence-corrected chi connectivity index (χ2v) is 3.44. The minimum atomic E-state index is -0.824. The number of carboxylic acids is 1. The van der Waals surface area contributed by atoms with E-state index in [1.165, 1.54) is 0 Å². The Morgan fingerprint density at radius 2 is 2.25 bits per heavy atom. The standard InChI is InChI=1S/C13H10NO2/c15-13(16)8-10-3-1-4-11(7-10)12-5-2-6-14-9-12/h1,3-7,9H,8H2,(H,15,16). The van der Waals surface area contributed by atoms with Gasteiger partial charge < -0.3 is 5.11 Å². The molecule has 1 aromatic carbocycles. The highest BCUT2D eigenvalue weighted by Crippen LogP contribution is 2.19. The maximum Gasteiger partial charge on any atom is 0.307 e. The smallest absolute Gasteiger partial charge is 0.307 e. The molecule has 1 radical (unpaired) electrons. The summed E-state index contributed by atoms with van der Waals surface area (Å²) >= 11 is 0. The Morgan fingerprint density at radius 1 is 1.38 bits per heavy atom. The number of carboxylic acid groups (broad SMARTS) is 1. The number of rotatable bonds is 3. The largest absolute Gasteiger partial charge is 0.481 e. The highest BCUT2D eigenvalue weighted by Gasteiger charge is 2.02. The predicted octanol–water partition coefficient (Wildman–Crippen LogP) is 2.18. The SMILES string of the molecule is O=C(O)Cc1cccc(-c2c[c]cnc2)c1. The first-order chi connectivity index (χ1) is 7.75. The van der Waals surface area contributed by atoms with E-state index < -0.39 is 5.97 Å². The first-order valence-corrected chi connectivity index (χ1v) is 4.88. The van der Waals surface area contributed by atoms with E-state index >= 15 is 0 Å². The van der Waals surface area contributed by atoms with Crippen LogP contribution in [-0.4, -0.2) is 16.1 Å². The predicted molar refractivity (Wildman–Crippen MR) is 59.8 cm³/mol. The molecule has 0 aliphatic rings. The van der Waals surface area contributed by atoms with E-state index in [-0.39, 0.29) is 6.42 Å². The van der Waals surface area contributed by atoms with Crippen LogP contribution in [0.15, 0.2) is 42.7 Å². The molecule has 1 aromatic heterocycles. The lowest BCUT2D eigenvalue weighted by molar-refractivity contribution is -0.136. The van der Waals surface area contributed by atoms with Crippen molar-refractivity contribution in [1.82, 2.24) is 4.98 Å². The van der Waals surface area contributed by atoms with Gasteiger partial charge in [0.2, 0.25) is 0 Å². The molecule has 0 bridgehead atoms. The maximum absolute atomic E-state index is 10.6. The van der Waals surface area contributed by atoms with Gasteiger partial charge in [0.1, 0.15) is 0 Å². The molecule has 2 aromatic rings. The molecular weight excluding hydrogens is 202 g/mol. The molecule has 0 atom stereocenters. The molecule has 3 nitrogen and oxygen atoms in total. The number of aromatic nitrogens is 1. The van der Waals surface area contributed by atoms with Gasteiger partial charge in [0.15, 0.2) is 0 Å². The van der Waals surface area contributed by atoms with Crippen LogP contribution in [0.2, 0.25) is 0 Å². The molecule has 3 heteroatoms. The van der Waals surface area contributed by atoms with Crippen LogP contribution in [0.5, 0.6) is 0 Å². The highest BCUT2D eigenvalue weighted by molar-refractivity contribution is 5.72. The van der Waals surface area contributed by atoms with Gasteiger partial charge in [-0.05, 0) is 17.2 Å². The fraction of sp³-hybridized carbons (Fsp3) is 0.0769. The number of benzene rings is 1. The zero-order valence-electron chi connectivity index (χ0n) is 8.55. The Labute approximate surface area is 93.4 Å². The van der Waals surface area contributed by atoms with Crippen molar-refractivity contribution in [3.63, 3.8) is 0 Å². The Balaban J connectivity index is 2.33. The lowest BCUT2D eigenvalue weighted by Gasteiger charge is -2.03. The fourth-order valence-corrected chi connectivity index (χ4v) is 1.52. The number of nitrogens with zero attached hydrogens (tertiary/aromatic N) is 1. The summed E-state index contributed by atoms with van der Waals surface area (Å²) in [6.07, 6.45) is 3.36. The van der Waals surface area contributed by atoms with Crippen LogP contribution >= 0.6 is 0 Å². The Hall–Kier alpha value is -2.16. The molecule has 16 heavy (non-hydrogen) atoms. The van der Waals surface area contributed by atoms with E-state index in [0.29, 0.717) is 0 Å². The second-order valence-electron chi connectivity index (χ2n) is 3.44. The van der Waals surface area contributed by atoms with Gasteiger partial charge >= 0.3 is 5.97 Å². The van der Waals surface area contributed by atoms with Crippen LogP contribution in [0, 0.1) is 6.07 Å². The minimum Gasteiger partial charge on any atom is -0.481 e. The molecule has 0 spiro atoms. The van der Waals surface area contributed by atoms with Crippen molar-refractivity contribution in [2.24, 2.45) is 0 Å². The van der Waals surface area contributed by atoms with E-state index in [4.69, 9.17) is 5.11 Å². The zero-order valence-corrected chi connectivity index (χ0v) is 8.55. The average molecular weight is 212 g/mol. The van der Waals surface area contributed by atoms with Gasteiger partial charge in [0, 0.05) is 24.0 Å². The summed E-state index contributed by atoms with van der Waals surface area (Å²) in [5, 5.41) is 8.71. The normalized spacial score (nSPS) is 10.0. The lowest BCUT2D eigenvalue weighted by Crippen LogP contribution is -1.99. The second kappa shape index (κ2) is 4.57. The van der Waals surface area contributed by atoms with Gasteiger partial charge in [-0.2, -0.15) is 0 Å². The van der Waals surface area contributed by atoms with Crippen molar-refractivity contribution in [2.45, 2.75) is 6.42 Å². The van der Waals surface area contributed by atoms with Gasteiger partial charge in [-0.1, -0.05) is 24.3 Å². The van der Waals surface area contributed by atoms with E-state index in [0.717, 1.165) is 16.7 Å². The fourth-order valence-electron chi connectivity index (χ4n) is 1.52. The van der Waals surface area contributed by atoms with Crippen molar-refractivity contribution in [3.05, 3.63) is 54.4 Å². The van der Waals surface area contributed by atoms with E-state index in [9.17, 15) is 4.79 Å². The van der Waals surface area contributed by atoms with Crippen LogP contribution < -0.4 is 0 Å². The van der Waals surface area contributed by atoms with Gasteiger partial charge in [-0.3, -0.25) is 9.78 Å². The van der Waals surface area contributed by atoms with Crippen molar-refractivity contribution >= 4 is 5.97 Å². The van der Waals surface area contributed by atoms with Gasteiger partial charge in [0.05, 0.1) is 6.42 Å². The highest BCUT2D eigenvalue weighted by atomic mass is 16.4. The van der Waals surface area contributed by atoms with Crippen LogP contribution in [-0.2, 0) is 11.2 Å². The molecule has 1 N–H and O–H groups in total. The summed E-state index contributed by atoms with van der Waals surface area (Å²) in [6.45, 7) is 0. The quantitative estimate of drug-likeness (QED) is 0.848. The Bertz CT molecular complexity index is 494. The molecule has 0 fully saturated rings. The van der Waals surface area contributed by atoms with Gasteiger partial charge in [0.25, 0.3) is 0 Å². The number of hydrogen-bond acceptors (Lipinski definition) is 2. The van der Waals surface area contributed by atoms with Crippen LogP contribution in [0.25, 0.3) is 11.1 Å². The third kappa shape index (κ3) is 2.45. The molecule has 0 aliphatic heterocycles. The van der Waals surface area contributed by atoms with Crippen molar-refractivity contribution < 1.29 is 9.90 Å². The summed E-state index contributed by atoms with van der Waals surface area (Å²) in [5.41, 5.74) is 2.69. The van der Waals surface area contributed by atoms with Crippen LogP contribution in [0.1, 0.15) is 5.56 Å². The summed E-state index contributed by atoms with van der Waals surface area (Å²) in [5.74, 6) is -0.824. The van der Waals surface area contributed by atoms with Crippen molar-refractivity contribution in [3.8, 4) is 11.1 Å². The van der Waals surface area contributed by atoms with E-state index in [1.54, 1.807) is 18.5 Å². The number of carbonyl (C=O) groups is 1. The Kier molecular flexibility index (Phi) is 2.96. The lowest BCUT2D eigenvalue weighted by atomic mass is 10.0. The topological polar surface area (TPSA) is 50.2 Å². The molecule has 0 aliphatic carbocycles. The minimum absolute atomic E-state index is 0.0395. The molecule has 0 unspecified atom stereocenters. The molecule has 0 amide bonds. The molecule has 0 saturated carbocycles. The summed E-state index contributed by atoms with van der Waals surface area (Å²) < 4.78 is 0. The number of hydrogen-bond donors (Lipinski definition) is 1.